The van der Waals surface area contributed by atoms with E-state index in [4.69, 9.17) is 14.2 Å². The summed E-state index contributed by atoms with van der Waals surface area (Å²) in [6, 6.07) is 8.91. The maximum absolute atomic E-state index is 12.8. The Kier molecular flexibility index (Phi) is 7.36. The van der Waals surface area contributed by atoms with E-state index >= 15 is 0 Å². The highest BCUT2D eigenvalue weighted by molar-refractivity contribution is 5.99. The van der Waals surface area contributed by atoms with Crippen LogP contribution in [0.3, 0.4) is 0 Å². The van der Waals surface area contributed by atoms with E-state index in [-0.39, 0.29) is 19.8 Å². The molecule has 1 unspecified atom stereocenters. The van der Waals surface area contributed by atoms with Gasteiger partial charge in [-0.25, -0.2) is 9.59 Å². The van der Waals surface area contributed by atoms with Crippen LogP contribution < -0.4 is 5.32 Å². The van der Waals surface area contributed by atoms with Gasteiger partial charge in [0, 0.05) is 18.5 Å². The van der Waals surface area contributed by atoms with Crippen LogP contribution in [0.5, 0.6) is 0 Å². The van der Waals surface area contributed by atoms with Gasteiger partial charge in [-0.05, 0) is 38.5 Å². The molecule has 0 spiro atoms. The third-order valence-electron chi connectivity index (χ3n) is 4.35. The Morgan fingerprint density at radius 3 is 2.32 bits per heavy atom. The molecular weight excluding hydrogens is 360 g/mol. The second kappa shape index (κ2) is 9.72. The summed E-state index contributed by atoms with van der Waals surface area (Å²) in [5.74, 6) is -1.78. The highest BCUT2D eigenvalue weighted by Gasteiger charge is 2.38. The normalized spacial score (nSPS) is 16.3. The van der Waals surface area contributed by atoms with E-state index in [1.165, 1.54) is 7.11 Å². The summed E-state index contributed by atoms with van der Waals surface area (Å²) in [5, 5.41) is 12.3. The quantitative estimate of drug-likeness (QED) is 0.570. The van der Waals surface area contributed by atoms with Crippen molar-refractivity contribution in [3.05, 3.63) is 57.9 Å². The lowest BCUT2D eigenvalue weighted by atomic mass is 9.80. The number of ether oxygens (including phenoxy) is 3. The topological polar surface area (TPSA) is 97.7 Å². The number of carbonyl (C=O) groups is 2. The number of allylic oxidation sites excluding steroid dienone is 2. The zero-order valence-corrected chi connectivity index (χ0v) is 16.5. The highest BCUT2D eigenvalue weighted by Crippen LogP contribution is 2.39. The molecule has 0 bridgehead atoms. The van der Waals surface area contributed by atoms with Crippen molar-refractivity contribution in [1.82, 2.24) is 5.32 Å². The first-order valence-electron chi connectivity index (χ1n) is 8.96. The van der Waals surface area contributed by atoms with Crippen molar-refractivity contribution < 1.29 is 23.8 Å². The predicted molar refractivity (Wildman–Crippen MR) is 102 cm³/mol. The van der Waals surface area contributed by atoms with E-state index in [0.29, 0.717) is 33.7 Å². The molecule has 0 aromatic heterocycles. The fourth-order valence-electron chi connectivity index (χ4n) is 3.16. The first-order valence-corrected chi connectivity index (χ1v) is 8.96. The van der Waals surface area contributed by atoms with Crippen LogP contribution >= 0.6 is 0 Å². The number of nitriles is 1. The summed E-state index contributed by atoms with van der Waals surface area (Å²) in [7, 11) is 1.52. The number of methoxy groups -OCH3 is 1. The lowest BCUT2D eigenvalue weighted by molar-refractivity contribution is -0.140. The molecule has 1 aliphatic heterocycles. The van der Waals surface area contributed by atoms with Crippen LogP contribution in [-0.2, 0) is 23.8 Å². The largest absolute Gasteiger partial charge is 0.463 e. The van der Waals surface area contributed by atoms with Crippen molar-refractivity contribution >= 4 is 11.9 Å². The first kappa shape index (κ1) is 21.2. The van der Waals surface area contributed by atoms with Crippen molar-refractivity contribution in [1.29, 1.82) is 5.26 Å². The molecule has 1 aliphatic rings. The van der Waals surface area contributed by atoms with Gasteiger partial charge in [0.1, 0.15) is 6.61 Å². The van der Waals surface area contributed by atoms with Crippen molar-refractivity contribution in [2.45, 2.75) is 26.7 Å². The highest BCUT2D eigenvalue weighted by atomic mass is 16.6. The van der Waals surface area contributed by atoms with E-state index in [2.05, 4.69) is 11.4 Å². The molecule has 28 heavy (non-hydrogen) atoms. The second-order valence-electron chi connectivity index (χ2n) is 6.22. The molecule has 0 saturated carbocycles. The monoisotopic (exact) mass is 384 g/mol. The minimum atomic E-state index is -0.705. The van der Waals surface area contributed by atoms with Gasteiger partial charge < -0.3 is 19.5 Å². The molecule has 0 radical (unpaired) electrons. The van der Waals surface area contributed by atoms with Crippen molar-refractivity contribution in [3.8, 4) is 6.07 Å². The maximum atomic E-state index is 12.8. The van der Waals surface area contributed by atoms with Gasteiger partial charge in [0.05, 0.1) is 41.9 Å². The van der Waals surface area contributed by atoms with Crippen molar-refractivity contribution in [2.75, 3.05) is 26.9 Å². The summed E-state index contributed by atoms with van der Waals surface area (Å²) >= 11 is 0. The van der Waals surface area contributed by atoms with Gasteiger partial charge in [0.25, 0.3) is 0 Å². The van der Waals surface area contributed by atoms with Crippen LogP contribution in [0.25, 0.3) is 0 Å². The summed E-state index contributed by atoms with van der Waals surface area (Å²) < 4.78 is 15.5. The number of dihydropyridines is 1. The van der Waals surface area contributed by atoms with Gasteiger partial charge in [-0.2, -0.15) is 5.26 Å². The van der Waals surface area contributed by atoms with Crippen molar-refractivity contribution in [3.63, 3.8) is 0 Å². The van der Waals surface area contributed by atoms with E-state index in [1.54, 1.807) is 45.0 Å². The fourth-order valence-corrected chi connectivity index (χ4v) is 3.16. The van der Waals surface area contributed by atoms with Gasteiger partial charge in [0.15, 0.2) is 0 Å². The predicted octanol–water partition coefficient (Wildman–Crippen LogP) is 2.55. The lowest BCUT2D eigenvalue weighted by Gasteiger charge is -2.30. The molecule has 0 aliphatic carbocycles. The molecule has 7 heteroatoms. The number of hydrogen-bond donors (Lipinski definition) is 1. The minimum Gasteiger partial charge on any atom is -0.463 e. The van der Waals surface area contributed by atoms with Gasteiger partial charge in [-0.1, -0.05) is 12.1 Å². The zero-order valence-electron chi connectivity index (χ0n) is 16.5. The summed E-state index contributed by atoms with van der Waals surface area (Å²) in [4.78, 5) is 25.5. The first-order chi connectivity index (χ1) is 13.4. The number of carbonyl (C=O) groups excluding carboxylic acids is 2. The molecule has 1 aromatic carbocycles. The maximum Gasteiger partial charge on any atom is 0.336 e. The Balaban J connectivity index is 2.57. The van der Waals surface area contributed by atoms with E-state index in [1.807, 2.05) is 0 Å². The molecular formula is C21H24N2O5. The summed E-state index contributed by atoms with van der Waals surface area (Å²) in [6.07, 6.45) is 0. The van der Waals surface area contributed by atoms with Crippen molar-refractivity contribution in [2.24, 2.45) is 0 Å². The Bertz CT molecular complexity index is 864. The minimum absolute atomic E-state index is 0.0918. The Hall–Kier alpha value is -3.11. The van der Waals surface area contributed by atoms with E-state index in [0.717, 1.165) is 0 Å². The van der Waals surface area contributed by atoms with E-state index < -0.39 is 17.9 Å². The molecule has 2 rings (SSSR count). The number of hydrogen-bond acceptors (Lipinski definition) is 7. The number of rotatable bonds is 7. The van der Waals surface area contributed by atoms with Gasteiger partial charge in [0.2, 0.25) is 0 Å². The molecule has 0 saturated heterocycles. The average Bonchev–Trinajstić information content (AvgIpc) is 2.67. The van der Waals surface area contributed by atoms with Crippen LogP contribution in [0, 0.1) is 11.3 Å². The molecule has 1 atom stereocenters. The van der Waals surface area contributed by atoms with Gasteiger partial charge in [-0.3, -0.25) is 0 Å². The molecule has 1 heterocycles. The number of esters is 2. The Morgan fingerprint density at radius 1 is 1.11 bits per heavy atom. The zero-order chi connectivity index (χ0) is 20.7. The third-order valence-corrected chi connectivity index (χ3v) is 4.35. The van der Waals surface area contributed by atoms with Crippen LogP contribution in [0.15, 0.2) is 46.8 Å². The standard InChI is InChI=1S/C21H24N2O5/c1-5-27-20(24)17-13(2)23-14(3)18(21(25)28-10-9-26-4)19(17)16-8-6-7-15(11-16)12-22/h6-8,11,19,23H,5,9-10H2,1-4H3. The summed E-state index contributed by atoms with van der Waals surface area (Å²) in [6.45, 7) is 5.78. The smallest absolute Gasteiger partial charge is 0.336 e. The van der Waals surface area contributed by atoms with Crippen LogP contribution in [-0.4, -0.2) is 38.9 Å². The third kappa shape index (κ3) is 4.59. The SMILES string of the molecule is CCOC(=O)C1=C(C)NC(C)=C(C(=O)OCCOC)C1c1cccc(C#N)c1. The molecule has 0 amide bonds. The number of nitrogens with one attached hydrogen (secondary N) is 1. The van der Waals surface area contributed by atoms with Crippen LogP contribution in [0.4, 0.5) is 0 Å². The second-order valence-corrected chi connectivity index (χ2v) is 6.22. The van der Waals surface area contributed by atoms with Gasteiger partial charge >= 0.3 is 11.9 Å². The Morgan fingerprint density at radius 2 is 1.75 bits per heavy atom. The van der Waals surface area contributed by atoms with Crippen LogP contribution in [0.1, 0.15) is 37.8 Å². The fraction of sp³-hybridized carbons (Fsp3) is 0.381. The average molecular weight is 384 g/mol. The Labute approximate surface area is 164 Å². The molecule has 148 valence electrons. The molecule has 1 aromatic rings. The molecule has 0 fully saturated rings. The molecule has 7 nitrogen and oxygen atoms in total. The van der Waals surface area contributed by atoms with Crippen LogP contribution in [0.2, 0.25) is 0 Å². The lowest BCUT2D eigenvalue weighted by Crippen LogP contribution is -2.32. The van der Waals surface area contributed by atoms with Gasteiger partial charge in [-0.15, -0.1) is 0 Å². The summed E-state index contributed by atoms with van der Waals surface area (Å²) in [5.41, 5.74) is 2.88. The molecule has 1 N–H and O–H groups in total. The van der Waals surface area contributed by atoms with E-state index in [9.17, 15) is 14.9 Å². The number of benzene rings is 1. The number of nitrogens with zero attached hydrogens (tertiary/aromatic N) is 1.